The van der Waals surface area contributed by atoms with Gasteiger partial charge < -0.3 is 4.42 Å². The van der Waals surface area contributed by atoms with Gasteiger partial charge in [-0.2, -0.15) is 5.10 Å². The molecule has 5 rings (SSSR count). The van der Waals surface area contributed by atoms with Gasteiger partial charge in [-0.05, 0) is 44.0 Å². The third-order valence-electron chi connectivity index (χ3n) is 5.46. The molecule has 0 fully saturated rings. The van der Waals surface area contributed by atoms with Crippen LogP contribution in [0.15, 0.2) is 58.0 Å². The minimum absolute atomic E-state index is 0.0855. The highest BCUT2D eigenvalue weighted by Gasteiger charge is 2.28. The highest BCUT2D eigenvalue weighted by molar-refractivity contribution is 7.22. The molecule has 2 N–H and O–H groups in total. The smallest absolute Gasteiger partial charge is 0.293 e. The van der Waals surface area contributed by atoms with E-state index in [4.69, 9.17) is 4.42 Å². The van der Waals surface area contributed by atoms with Crippen LogP contribution in [0.4, 0.5) is 9.52 Å². The maximum absolute atomic E-state index is 13.9. The minimum atomic E-state index is -0.636. The van der Waals surface area contributed by atoms with Crippen molar-refractivity contribution in [1.29, 1.82) is 0 Å². The Bertz CT molecular complexity index is 1390. The maximum Gasteiger partial charge on any atom is 0.293 e. The second-order valence-corrected chi connectivity index (χ2v) is 8.66. The fraction of sp³-hybridized carbons (Fsp3) is 0.167. The Hall–Kier alpha value is -3.85. The van der Waals surface area contributed by atoms with E-state index in [-0.39, 0.29) is 11.3 Å². The first-order valence-electron chi connectivity index (χ1n) is 10.4. The zero-order chi connectivity index (χ0) is 22.9. The number of anilines is 1. The van der Waals surface area contributed by atoms with Gasteiger partial charge in [0.2, 0.25) is 0 Å². The molecule has 1 aliphatic carbocycles. The van der Waals surface area contributed by atoms with E-state index in [0.717, 1.165) is 16.6 Å². The first-order valence-corrected chi connectivity index (χ1v) is 11.2. The number of rotatable bonds is 4. The normalized spacial score (nSPS) is 14.3. The Morgan fingerprint density at radius 1 is 1.09 bits per heavy atom. The Morgan fingerprint density at radius 3 is 2.70 bits per heavy atom. The molecule has 166 valence electrons. The lowest BCUT2D eigenvalue weighted by Crippen LogP contribution is -2.23. The van der Waals surface area contributed by atoms with Gasteiger partial charge in [0.05, 0.1) is 21.5 Å². The number of hydrogen-bond acceptors (Lipinski definition) is 6. The number of benzene rings is 2. The van der Waals surface area contributed by atoms with Gasteiger partial charge >= 0.3 is 0 Å². The lowest BCUT2D eigenvalue weighted by molar-refractivity contribution is 0.0949. The third-order valence-corrected chi connectivity index (χ3v) is 6.41. The van der Waals surface area contributed by atoms with Crippen molar-refractivity contribution in [2.24, 2.45) is 5.10 Å². The van der Waals surface area contributed by atoms with Crippen LogP contribution in [0.1, 0.15) is 50.6 Å². The molecule has 2 heterocycles. The number of halogens is 1. The summed E-state index contributed by atoms with van der Waals surface area (Å²) >= 11 is 1.39. The number of carbonyl (C=O) groups excluding carboxylic acids is 2. The van der Waals surface area contributed by atoms with Crippen molar-refractivity contribution in [1.82, 2.24) is 10.4 Å². The number of thiazole rings is 1. The van der Waals surface area contributed by atoms with E-state index < -0.39 is 17.6 Å². The highest BCUT2D eigenvalue weighted by atomic mass is 32.1. The van der Waals surface area contributed by atoms with Crippen LogP contribution >= 0.6 is 11.3 Å². The maximum atomic E-state index is 13.9. The predicted octanol–water partition coefficient (Wildman–Crippen LogP) is 5.06. The van der Waals surface area contributed by atoms with Gasteiger partial charge in [0.1, 0.15) is 11.6 Å². The molecule has 0 saturated carbocycles. The molecule has 0 aliphatic heterocycles. The fourth-order valence-electron chi connectivity index (χ4n) is 3.90. The van der Waals surface area contributed by atoms with Gasteiger partial charge in [0, 0.05) is 17.5 Å². The molecular formula is C24H19FN4O3S. The van der Waals surface area contributed by atoms with Gasteiger partial charge in [-0.25, -0.2) is 14.8 Å². The lowest BCUT2D eigenvalue weighted by Gasteiger charge is -2.13. The molecule has 0 atom stereocenters. The molecule has 33 heavy (non-hydrogen) atoms. The molecule has 0 unspecified atom stereocenters. The summed E-state index contributed by atoms with van der Waals surface area (Å²) in [6.07, 6.45) is 2.02. The number of nitrogens with zero attached hydrogens (tertiary/aromatic N) is 2. The van der Waals surface area contributed by atoms with Crippen molar-refractivity contribution in [3.8, 4) is 0 Å². The number of carbonyl (C=O) groups is 2. The molecule has 2 aromatic carbocycles. The summed E-state index contributed by atoms with van der Waals surface area (Å²) in [5, 5.41) is 7.54. The van der Waals surface area contributed by atoms with E-state index in [2.05, 4.69) is 20.8 Å². The van der Waals surface area contributed by atoms with Crippen molar-refractivity contribution in [3.05, 3.63) is 82.6 Å². The molecule has 0 spiro atoms. The van der Waals surface area contributed by atoms with Crippen molar-refractivity contribution >= 4 is 44.2 Å². The summed E-state index contributed by atoms with van der Waals surface area (Å²) in [4.78, 5) is 29.7. The van der Waals surface area contributed by atoms with Crippen molar-refractivity contribution in [3.63, 3.8) is 0 Å². The summed E-state index contributed by atoms with van der Waals surface area (Å²) in [6.45, 7) is 1.79. The van der Waals surface area contributed by atoms with Crippen molar-refractivity contribution in [2.45, 2.75) is 26.2 Å². The number of hydrogen-bond donors (Lipinski definition) is 2. The molecule has 2 aromatic heterocycles. The molecule has 7 nitrogen and oxygen atoms in total. The van der Waals surface area contributed by atoms with E-state index in [0.29, 0.717) is 40.6 Å². The van der Waals surface area contributed by atoms with E-state index in [9.17, 15) is 14.0 Å². The van der Waals surface area contributed by atoms with Crippen LogP contribution in [-0.4, -0.2) is 22.5 Å². The number of para-hydroxylation sites is 1. The van der Waals surface area contributed by atoms with Crippen LogP contribution in [0, 0.1) is 12.7 Å². The minimum Gasteiger partial charge on any atom is -0.455 e. The zero-order valence-corrected chi connectivity index (χ0v) is 18.5. The van der Waals surface area contributed by atoms with Crippen LogP contribution in [0.5, 0.6) is 0 Å². The lowest BCUT2D eigenvalue weighted by atomic mass is 9.93. The van der Waals surface area contributed by atoms with Crippen LogP contribution in [0.25, 0.3) is 10.2 Å². The van der Waals surface area contributed by atoms with Gasteiger partial charge in [0.15, 0.2) is 10.9 Å². The molecule has 2 amide bonds. The third kappa shape index (κ3) is 4.03. The Kier molecular flexibility index (Phi) is 5.47. The molecule has 4 aromatic rings. The molecule has 0 saturated heterocycles. The fourth-order valence-corrected chi connectivity index (χ4v) is 4.76. The first kappa shape index (κ1) is 21.0. The second-order valence-electron chi connectivity index (χ2n) is 7.63. The van der Waals surface area contributed by atoms with E-state index in [1.807, 2.05) is 24.3 Å². The topological polar surface area (TPSA) is 96.6 Å². The summed E-state index contributed by atoms with van der Waals surface area (Å²) in [5.74, 6) is -0.812. The quantitative estimate of drug-likeness (QED) is 0.414. The zero-order valence-electron chi connectivity index (χ0n) is 17.6. The van der Waals surface area contributed by atoms with E-state index >= 15 is 0 Å². The van der Waals surface area contributed by atoms with Gasteiger partial charge in [0.25, 0.3) is 11.8 Å². The summed E-state index contributed by atoms with van der Waals surface area (Å²) < 4.78 is 20.7. The van der Waals surface area contributed by atoms with Crippen LogP contribution in [0.3, 0.4) is 0 Å². The summed E-state index contributed by atoms with van der Waals surface area (Å²) in [6, 6.07) is 13.4. The van der Waals surface area contributed by atoms with Gasteiger partial charge in [-0.1, -0.05) is 35.6 Å². The number of nitrogens with one attached hydrogen (secondary N) is 2. The number of amides is 2. The standard InChI is InChI=1S/C24H19FN4O3S/c1-13-20-17(28-29-22(30)14-7-2-3-8-15(14)25)10-6-11-18(20)32-21(13)23(31)27-24-26-16-9-4-5-12-19(16)33-24/h2-5,7-9,12H,6,10-11H2,1H3,(H,29,30)(H,26,27,31)/b28-17+. The Labute approximate surface area is 192 Å². The SMILES string of the molecule is Cc1c(C(=O)Nc2nc3ccccc3s2)oc2c1/C(=N/NC(=O)c1ccccc1F)CCC2. The monoisotopic (exact) mass is 462 g/mol. The molecule has 0 radical (unpaired) electrons. The molecular weight excluding hydrogens is 443 g/mol. The summed E-state index contributed by atoms with van der Waals surface area (Å²) in [7, 11) is 0. The predicted molar refractivity (Wildman–Crippen MR) is 124 cm³/mol. The van der Waals surface area contributed by atoms with Crippen molar-refractivity contribution in [2.75, 3.05) is 5.32 Å². The van der Waals surface area contributed by atoms with Crippen LogP contribution < -0.4 is 10.7 Å². The number of fused-ring (bicyclic) bond motifs is 2. The molecule has 1 aliphatic rings. The van der Waals surface area contributed by atoms with E-state index in [1.165, 1.54) is 29.5 Å². The van der Waals surface area contributed by atoms with Gasteiger partial charge in [-0.3, -0.25) is 14.9 Å². The van der Waals surface area contributed by atoms with Gasteiger partial charge in [-0.15, -0.1) is 0 Å². The number of hydrazone groups is 1. The largest absolute Gasteiger partial charge is 0.455 e. The highest BCUT2D eigenvalue weighted by Crippen LogP contribution is 2.31. The van der Waals surface area contributed by atoms with E-state index in [1.54, 1.807) is 13.0 Å². The van der Waals surface area contributed by atoms with Crippen LogP contribution in [-0.2, 0) is 6.42 Å². The number of aromatic nitrogens is 1. The molecule has 9 heteroatoms. The first-order chi connectivity index (χ1) is 16.0. The Balaban J connectivity index is 1.39. The average molecular weight is 463 g/mol. The summed E-state index contributed by atoms with van der Waals surface area (Å²) in [5.41, 5.74) is 5.11. The number of aryl methyl sites for hydroxylation is 1. The van der Waals surface area contributed by atoms with Crippen LogP contribution in [0.2, 0.25) is 0 Å². The van der Waals surface area contributed by atoms with Crippen molar-refractivity contribution < 1.29 is 18.4 Å². The Morgan fingerprint density at radius 2 is 1.88 bits per heavy atom. The second kappa shape index (κ2) is 8.59. The molecule has 0 bridgehead atoms. The average Bonchev–Trinajstić information content (AvgIpc) is 3.38. The number of furan rings is 1.